The van der Waals surface area contributed by atoms with Crippen molar-refractivity contribution in [2.45, 2.75) is 63.8 Å². The number of anilines is 3. The molecule has 9 heteroatoms. The summed E-state index contributed by atoms with van der Waals surface area (Å²) in [5.74, 6) is 1.70. The summed E-state index contributed by atoms with van der Waals surface area (Å²) in [6.45, 7) is 6.33. The molecule has 0 aromatic carbocycles. The number of aromatic nitrogens is 2. The predicted octanol–water partition coefficient (Wildman–Crippen LogP) is 5.39. The minimum atomic E-state index is -0.230. The van der Waals surface area contributed by atoms with Gasteiger partial charge in [-0.3, -0.25) is 9.69 Å². The maximum Gasteiger partial charge on any atom is 0.312 e. The van der Waals surface area contributed by atoms with Crippen LogP contribution in [0.1, 0.15) is 52.4 Å². The van der Waals surface area contributed by atoms with Gasteiger partial charge in [-0.2, -0.15) is 0 Å². The molecule has 2 aromatic heterocycles. The highest BCUT2D eigenvalue weighted by Crippen LogP contribution is 2.40. The third-order valence-corrected chi connectivity index (χ3v) is 7.33. The van der Waals surface area contributed by atoms with Gasteiger partial charge in [0.1, 0.15) is 11.2 Å². The van der Waals surface area contributed by atoms with Crippen molar-refractivity contribution in [3.8, 4) is 5.88 Å². The minimum absolute atomic E-state index is 0.0354. The van der Waals surface area contributed by atoms with Crippen molar-refractivity contribution in [2.24, 2.45) is 0 Å². The van der Waals surface area contributed by atoms with Crippen LogP contribution in [-0.4, -0.2) is 47.6 Å². The van der Waals surface area contributed by atoms with Crippen LogP contribution in [0.3, 0.4) is 0 Å². The van der Waals surface area contributed by atoms with Crippen LogP contribution >= 0.6 is 11.8 Å². The van der Waals surface area contributed by atoms with Gasteiger partial charge in [0.05, 0.1) is 25.0 Å². The van der Waals surface area contributed by atoms with E-state index in [1.165, 1.54) is 18.5 Å². The normalized spacial score (nSPS) is 18.4. The number of esters is 1. The highest BCUT2D eigenvalue weighted by Gasteiger charge is 2.37. The van der Waals surface area contributed by atoms with Gasteiger partial charge in [0, 0.05) is 48.9 Å². The van der Waals surface area contributed by atoms with Crippen molar-refractivity contribution < 1.29 is 14.3 Å². The molecule has 2 atom stereocenters. The Bertz CT molecular complexity index is 1010. The fourth-order valence-electron chi connectivity index (χ4n) is 4.46. The van der Waals surface area contributed by atoms with Crippen LogP contribution in [0.25, 0.3) is 0 Å². The smallest absolute Gasteiger partial charge is 0.312 e. The highest BCUT2D eigenvalue weighted by atomic mass is 32.2. The van der Waals surface area contributed by atoms with Gasteiger partial charge in [-0.05, 0) is 37.8 Å². The Hall–Kier alpha value is -2.94. The summed E-state index contributed by atoms with van der Waals surface area (Å²) in [6.07, 6.45) is 9.15. The number of pyridine rings is 2. The first-order valence-corrected chi connectivity index (χ1v) is 13.4. The SMILES string of the molecule is CCCC(=O)OC1=CSC(C(CCC)Nc2cc(N3CCCC3)ccn2)N1c1ccc(OC)nc1. The number of nitrogens with one attached hydrogen (secondary N) is 1. The first-order chi connectivity index (χ1) is 17.1. The monoisotopic (exact) mass is 497 g/mol. The minimum Gasteiger partial charge on any atom is -0.481 e. The molecule has 2 aliphatic heterocycles. The number of hydrogen-bond donors (Lipinski definition) is 1. The van der Waals surface area contributed by atoms with Gasteiger partial charge in [0.15, 0.2) is 0 Å². The average Bonchev–Trinajstić information content (AvgIpc) is 3.55. The standard InChI is InChI=1S/C26H35N5O3S/c1-4-8-21(29-22-16-19(12-13-27-22)30-14-6-7-15-30)26-31(20-10-11-23(33-3)28-17-20)24(18-35-26)34-25(32)9-5-2/h10-13,16-18,21,26H,4-9,14-15H2,1-3H3,(H,27,29). The van der Waals surface area contributed by atoms with Crippen molar-refractivity contribution in [3.05, 3.63) is 48.0 Å². The van der Waals surface area contributed by atoms with Crippen LogP contribution in [0.2, 0.25) is 0 Å². The fraction of sp³-hybridized carbons (Fsp3) is 0.500. The molecule has 2 aliphatic rings. The van der Waals surface area contributed by atoms with Gasteiger partial charge in [-0.25, -0.2) is 9.97 Å². The van der Waals surface area contributed by atoms with E-state index in [0.717, 1.165) is 43.9 Å². The lowest BCUT2D eigenvalue weighted by Gasteiger charge is -2.34. The summed E-state index contributed by atoms with van der Waals surface area (Å²) in [6, 6.07) is 8.05. The third-order valence-electron chi connectivity index (χ3n) is 6.17. The quantitative estimate of drug-likeness (QED) is 0.411. The van der Waals surface area contributed by atoms with Crippen molar-refractivity contribution in [3.63, 3.8) is 0 Å². The second kappa shape index (κ2) is 12.2. The first kappa shape index (κ1) is 25.2. The lowest BCUT2D eigenvalue weighted by molar-refractivity contribution is -0.139. The van der Waals surface area contributed by atoms with Gasteiger partial charge in [-0.1, -0.05) is 20.3 Å². The molecular formula is C26H35N5O3S. The number of hydrogen-bond acceptors (Lipinski definition) is 9. The molecule has 1 saturated heterocycles. The fourth-order valence-corrected chi connectivity index (χ4v) is 5.62. The molecule has 4 heterocycles. The van der Waals surface area contributed by atoms with E-state index in [1.807, 2.05) is 30.7 Å². The molecule has 188 valence electrons. The Morgan fingerprint density at radius 2 is 2.00 bits per heavy atom. The number of thioether (sulfide) groups is 1. The van der Waals surface area contributed by atoms with E-state index < -0.39 is 0 Å². The molecule has 2 unspecified atom stereocenters. The van der Waals surface area contributed by atoms with Crippen LogP contribution < -0.4 is 19.9 Å². The average molecular weight is 498 g/mol. The van der Waals surface area contributed by atoms with Gasteiger partial charge >= 0.3 is 5.97 Å². The number of carbonyl (C=O) groups excluding carboxylic acids is 1. The van der Waals surface area contributed by atoms with Crippen molar-refractivity contribution >= 4 is 34.9 Å². The molecule has 0 bridgehead atoms. The van der Waals surface area contributed by atoms with Crippen LogP contribution in [0.5, 0.6) is 5.88 Å². The molecule has 0 amide bonds. The van der Waals surface area contributed by atoms with E-state index in [1.54, 1.807) is 25.1 Å². The number of ether oxygens (including phenoxy) is 2. The maximum absolute atomic E-state index is 12.4. The van der Waals surface area contributed by atoms with E-state index in [9.17, 15) is 4.79 Å². The number of methoxy groups -OCH3 is 1. The summed E-state index contributed by atoms with van der Waals surface area (Å²) >= 11 is 1.65. The van der Waals surface area contributed by atoms with Crippen LogP contribution in [-0.2, 0) is 9.53 Å². The Balaban J connectivity index is 1.59. The molecule has 2 aromatic rings. The van der Waals surface area contributed by atoms with Gasteiger partial charge in [-0.15, -0.1) is 11.8 Å². The van der Waals surface area contributed by atoms with Gasteiger partial charge in [0.2, 0.25) is 11.8 Å². The molecule has 0 radical (unpaired) electrons. The Kier molecular flexibility index (Phi) is 8.74. The molecule has 1 N–H and O–H groups in total. The van der Waals surface area contributed by atoms with Crippen LogP contribution in [0.15, 0.2) is 48.0 Å². The first-order valence-electron chi connectivity index (χ1n) is 12.5. The lowest BCUT2D eigenvalue weighted by Crippen LogP contribution is -2.43. The van der Waals surface area contributed by atoms with E-state index in [0.29, 0.717) is 18.2 Å². The molecular weight excluding hydrogens is 462 g/mol. The number of carbonyl (C=O) groups is 1. The number of nitrogens with zero attached hydrogens (tertiary/aromatic N) is 4. The van der Waals surface area contributed by atoms with Crippen molar-refractivity contribution in [2.75, 3.05) is 35.3 Å². The largest absolute Gasteiger partial charge is 0.481 e. The zero-order valence-corrected chi connectivity index (χ0v) is 21.6. The summed E-state index contributed by atoms with van der Waals surface area (Å²) in [5.41, 5.74) is 2.05. The van der Waals surface area contributed by atoms with E-state index >= 15 is 0 Å². The van der Waals surface area contributed by atoms with Crippen LogP contribution in [0.4, 0.5) is 17.2 Å². The molecule has 1 fully saturated rings. The molecule has 8 nitrogen and oxygen atoms in total. The molecule has 4 rings (SSSR count). The molecule has 0 aliphatic carbocycles. The maximum atomic E-state index is 12.4. The summed E-state index contributed by atoms with van der Waals surface area (Å²) in [7, 11) is 1.60. The summed E-state index contributed by atoms with van der Waals surface area (Å²) in [4.78, 5) is 25.8. The Morgan fingerprint density at radius 1 is 1.17 bits per heavy atom. The van der Waals surface area contributed by atoms with Crippen LogP contribution in [0, 0.1) is 0 Å². The zero-order chi connectivity index (χ0) is 24.6. The molecule has 0 saturated carbocycles. The molecule has 35 heavy (non-hydrogen) atoms. The van der Waals surface area contributed by atoms with E-state index in [4.69, 9.17) is 9.47 Å². The summed E-state index contributed by atoms with van der Waals surface area (Å²) < 4.78 is 11.0. The second-order valence-electron chi connectivity index (χ2n) is 8.77. The highest BCUT2D eigenvalue weighted by molar-refractivity contribution is 8.03. The number of rotatable bonds is 11. The predicted molar refractivity (Wildman–Crippen MR) is 142 cm³/mol. The van der Waals surface area contributed by atoms with Gasteiger partial charge in [0.25, 0.3) is 0 Å². The van der Waals surface area contributed by atoms with Crippen molar-refractivity contribution in [1.29, 1.82) is 0 Å². The topological polar surface area (TPSA) is 79.8 Å². The van der Waals surface area contributed by atoms with Crippen molar-refractivity contribution in [1.82, 2.24) is 9.97 Å². The second-order valence-corrected chi connectivity index (χ2v) is 9.76. The lowest BCUT2D eigenvalue weighted by atomic mass is 10.1. The Morgan fingerprint density at radius 3 is 2.69 bits per heavy atom. The third kappa shape index (κ3) is 6.20. The van der Waals surface area contributed by atoms with E-state index in [-0.39, 0.29) is 17.4 Å². The van der Waals surface area contributed by atoms with Gasteiger partial charge < -0.3 is 19.7 Å². The van der Waals surface area contributed by atoms with E-state index in [2.05, 4.69) is 44.1 Å². The molecule has 0 spiro atoms. The summed E-state index contributed by atoms with van der Waals surface area (Å²) in [5, 5.41) is 5.58. The zero-order valence-electron chi connectivity index (χ0n) is 20.8. The Labute approximate surface area is 212 Å².